The van der Waals surface area contributed by atoms with Crippen molar-refractivity contribution in [3.63, 3.8) is 0 Å². The molecule has 1 atom stereocenters. The van der Waals surface area contributed by atoms with Crippen LogP contribution in [0.25, 0.3) is 0 Å². The van der Waals surface area contributed by atoms with Crippen LogP contribution in [0.4, 0.5) is 0 Å². The van der Waals surface area contributed by atoms with Crippen molar-refractivity contribution in [2.45, 2.75) is 39.5 Å². The number of aliphatic hydroxyl groups excluding tert-OH is 1. The van der Waals surface area contributed by atoms with Crippen molar-refractivity contribution in [1.82, 2.24) is 14.7 Å². The molecule has 0 bridgehead atoms. The second-order valence-corrected chi connectivity index (χ2v) is 4.39. The van der Waals surface area contributed by atoms with Crippen molar-refractivity contribution < 1.29 is 5.11 Å². The van der Waals surface area contributed by atoms with Crippen molar-refractivity contribution in [3.8, 4) is 0 Å². The highest BCUT2D eigenvalue weighted by molar-refractivity contribution is 5.03. The minimum atomic E-state index is -0.288. The molecule has 0 aromatic carbocycles. The molecule has 1 aromatic heterocycles. The first-order valence-corrected chi connectivity index (χ1v) is 5.38. The molecule has 0 aliphatic rings. The lowest BCUT2D eigenvalue weighted by Crippen LogP contribution is -2.35. The molecule has 1 unspecified atom stereocenters. The van der Waals surface area contributed by atoms with Crippen LogP contribution in [0.3, 0.4) is 0 Å². The highest BCUT2D eigenvalue weighted by Gasteiger charge is 2.13. The van der Waals surface area contributed by atoms with E-state index in [1.54, 1.807) is 4.68 Å². The maximum absolute atomic E-state index is 9.39. The molecule has 4 heteroatoms. The zero-order valence-electron chi connectivity index (χ0n) is 10.0. The molecule has 86 valence electrons. The summed E-state index contributed by atoms with van der Waals surface area (Å²) < 4.78 is 1.80. The van der Waals surface area contributed by atoms with E-state index >= 15 is 0 Å². The van der Waals surface area contributed by atoms with Gasteiger partial charge < -0.3 is 5.11 Å². The van der Waals surface area contributed by atoms with E-state index in [2.05, 4.69) is 23.8 Å². The van der Waals surface area contributed by atoms with Gasteiger partial charge in [0.15, 0.2) is 0 Å². The van der Waals surface area contributed by atoms with Gasteiger partial charge in [-0.2, -0.15) is 5.10 Å². The van der Waals surface area contributed by atoms with Crippen LogP contribution in [0.15, 0.2) is 12.4 Å². The van der Waals surface area contributed by atoms with Crippen LogP contribution < -0.4 is 0 Å². The second kappa shape index (κ2) is 5.28. The van der Waals surface area contributed by atoms with Crippen LogP contribution >= 0.6 is 0 Å². The average molecular weight is 211 g/mol. The van der Waals surface area contributed by atoms with E-state index in [0.29, 0.717) is 12.6 Å². The quantitative estimate of drug-likeness (QED) is 0.790. The van der Waals surface area contributed by atoms with Gasteiger partial charge in [0.25, 0.3) is 0 Å². The van der Waals surface area contributed by atoms with Crippen LogP contribution in [0.1, 0.15) is 26.3 Å². The first-order chi connectivity index (χ1) is 6.99. The lowest BCUT2D eigenvalue weighted by molar-refractivity contribution is 0.103. The van der Waals surface area contributed by atoms with Crippen molar-refractivity contribution in [3.05, 3.63) is 18.0 Å². The number of aromatic nitrogens is 2. The van der Waals surface area contributed by atoms with E-state index < -0.39 is 0 Å². The Morgan fingerprint density at radius 3 is 2.53 bits per heavy atom. The monoisotopic (exact) mass is 211 g/mol. The molecule has 0 aliphatic carbocycles. The lowest BCUT2D eigenvalue weighted by atomic mass is 10.2. The molecule has 0 amide bonds. The van der Waals surface area contributed by atoms with E-state index in [9.17, 15) is 5.11 Å². The van der Waals surface area contributed by atoms with Crippen molar-refractivity contribution in [2.24, 2.45) is 7.05 Å². The van der Waals surface area contributed by atoms with Gasteiger partial charge in [-0.15, -0.1) is 0 Å². The van der Waals surface area contributed by atoms with Gasteiger partial charge in [-0.05, 0) is 20.8 Å². The fourth-order valence-electron chi connectivity index (χ4n) is 1.59. The van der Waals surface area contributed by atoms with Crippen LogP contribution in [0.5, 0.6) is 0 Å². The van der Waals surface area contributed by atoms with E-state index in [4.69, 9.17) is 0 Å². The van der Waals surface area contributed by atoms with E-state index in [-0.39, 0.29) is 6.10 Å². The number of nitrogens with zero attached hydrogens (tertiary/aromatic N) is 3. The predicted octanol–water partition coefficient (Wildman–Crippen LogP) is 1.01. The molecular formula is C11H21N3O. The summed E-state index contributed by atoms with van der Waals surface area (Å²) in [5.41, 5.74) is 1.19. The van der Waals surface area contributed by atoms with E-state index in [1.807, 2.05) is 26.4 Å². The molecule has 0 fully saturated rings. The van der Waals surface area contributed by atoms with Gasteiger partial charge in [-0.3, -0.25) is 9.58 Å². The summed E-state index contributed by atoms with van der Waals surface area (Å²) in [6.07, 6.45) is 3.60. The van der Waals surface area contributed by atoms with Gasteiger partial charge in [-0.1, -0.05) is 0 Å². The fourth-order valence-corrected chi connectivity index (χ4v) is 1.59. The van der Waals surface area contributed by atoms with Gasteiger partial charge in [0, 0.05) is 37.9 Å². The summed E-state index contributed by atoms with van der Waals surface area (Å²) >= 11 is 0. The summed E-state index contributed by atoms with van der Waals surface area (Å²) in [5, 5.41) is 13.5. The summed E-state index contributed by atoms with van der Waals surface area (Å²) in [4.78, 5) is 2.24. The third kappa shape index (κ3) is 4.01. The van der Waals surface area contributed by atoms with Gasteiger partial charge >= 0.3 is 0 Å². The number of hydrogen-bond donors (Lipinski definition) is 1. The van der Waals surface area contributed by atoms with Gasteiger partial charge in [0.2, 0.25) is 0 Å². The smallest absolute Gasteiger partial charge is 0.0639 e. The minimum absolute atomic E-state index is 0.288. The number of aryl methyl sites for hydroxylation is 1. The largest absolute Gasteiger partial charge is 0.392 e. The molecule has 4 nitrogen and oxygen atoms in total. The van der Waals surface area contributed by atoms with Crippen molar-refractivity contribution in [1.29, 1.82) is 0 Å². The fraction of sp³-hybridized carbons (Fsp3) is 0.727. The standard InChI is InChI=1S/C11H21N3O/c1-9(2)14(6-10(3)15)8-11-5-12-13(4)7-11/h5,7,9-10,15H,6,8H2,1-4H3. The van der Waals surface area contributed by atoms with Gasteiger partial charge in [0.05, 0.1) is 12.3 Å². The molecule has 1 rings (SSSR count). The Kier molecular flexibility index (Phi) is 4.29. The minimum Gasteiger partial charge on any atom is -0.392 e. The maximum Gasteiger partial charge on any atom is 0.0639 e. The van der Waals surface area contributed by atoms with Crippen molar-refractivity contribution in [2.75, 3.05) is 6.54 Å². The summed E-state index contributed by atoms with van der Waals surface area (Å²) in [6.45, 7) is 7.64. The number of hydrogen-bond acceptors (Lipinski definition) is 3. The number of aliphatic hydroxyl groups is 1. The summed E-state index contributed by atoms with van der Waals surface area (Å²) in [5.74, 6) is 0. The zero-order valence-corrected chi connectivity index (χ0v) is 10.0. The van der Waals surface area contributed by atoms with E-state index in [0.717, 1.165) is 6.54 Å². The molecule has 15 heavy (non-hydrogen) atoms. The predicted molar refractivity (Wildman–Crippen MR) is 60.4 cm³/mol. The Morgan fingerprint density at radius 2 is 2.13 bits per heavy atom. The second-order valence-electron chi connectivity index (χ2n) is 4.39. The Hall–Kier alpha value is -0.870. The SMILES string of the molecule is CC(O)CN(Cc1cnn(C)c1)C(C)C. The average Bonchev–Trinajstić information content (AvgIpc) is 2.49. The molecule has 1 heterocycles. The molecule has 0 aliphatic heterocycles. The Balaban J connectivity index is 2.58. The van der Waals surface area contributed by atoms with Gasteiger partial charge in [0.1, 0.15) is 0 Å². The van der Waals surface area contributed by atoms with Crippen LogP contribution in [-0.2, 0) is 13.6 Å². The molecule has 0 spiro atoms. The normalized spacial score (nSPS) is 13.8. The summed E-state index contributed by atoms with van der Waals surface area (Å²) in [7, 11) is 1.91. The maximum atomic E-state index is 9.39. The Bertz CT molecular complexity index is 294. The molecule has 1 aromatic rings. The topological polar surface area (TPSA) is 41.3 Å². The first-order valence-electron chi connectivity index (χ1n) is 5.38. The molecule has 1 N–H and O–H groups in total. The lowest BCUT2D eigenvalue weighted by Gasteiger charge is -2.27. The molecule has 0 saturated heterocycles. The van der Waals surface area contributed by atoms with Crippen molar-refractivity contribution >= 4 is 0 Å². The van der Waals surface area contributed by atoms with Crippen LogP contribution in [-0.4, -0.2) is 38.5 Å². The summed E-state index contributed by atoms with van der Waals surface area (Å²) in [6, 6.07) is 0.430. The van der Waals surface area contributed by atoms with Crippen LogP contribution in [0, 0.1) is 0 Å². The highest BCUT2D eigenvalue weighted by atomic mass is 16.3. The Labute approximate surface area is 91.5 Å². The zero-order chi connectivity index (χ0) is 11.4. The highest BCUT2D eigenvalue weighted by Crippen LogP contribution is 2.07. The number of rotatable bonds is 5. The first kappa shape index (κ1) is 12.2. The van der Waals surface area contributed by atoms with Gasteiger partial charge in [-0.25, -0.2) is 0 Å². The molecule has 0 saturated carbocycles. The molecular weight excluding hydrogens is 190 g/mol. The van der Waals surface area contributed by atoms with E-state index in [1.165, 1.54) is 5.56 Å². The third-order valence-electron chi connectivity index (χ3n) is 2.37. The Morgan fingerprint density at radius 1 is 1.47 bits per heavy atom. The molecule has 0 radical (unpaired) electrons. The van der Waals surface area contributed by atoms with Crippen LogP contribution in [0.2, 0.25) is 0 Å². The third-order valence-corrected chi connectivity index (χ3v) is 2.37.